The standard InChI is InChI=1S/C17H25FN2O3/c1-13(21)10-16-12-23-9-8-20(16)17(22)19-7-3-5-14-4-2-6-15(18)11-14/h2,4,6,11,13,16,21H,3,5,7-10,12H2,1H3,(H,19,22)/t13-,16-/m0/s1. The first-order chi connectivity index (χ1) is 11.1. The van der Waals surface area contributed by atoms with Crippen LogP contribution >= 0.6 is 0 Å². The zero-order valence-corrected chi connectivity index (χ0v) is 13.5. The van der Waals surface area contributed by atoms with Crippen molar-refractivity contribution in [1.82, 2.24) is 10.2 Å². The highest BCUT2D eigenvalue weighted by Crippen LogP contribution is 2.13. The Morgan fingerprint density at radius 2 is 2.39 bits per heavy atom. The van der Waals surface area contributed by atoms with Gasteiger partial charge in [-0.1, -0.05) is 12.1 Å². The smallest absolute Gasteiger partial charge is 0.317 e. The second-order valence-corrected chi connectivity index (χ2v) is 5.97. The lowest BCUT2D eigenvalue weighted by Gasteiger charge is -2.36. The van der Waals surface area contributed by atoms with E-state index in [1.165, 1.54) is 12.1 Å². The Morgan fingerprint density at radius 1 is 1.57 bits per heavy atom. The second-order valence-electron chi connectivity index (χ2n) is 5.97. The third kappa shape index (κ3) is 5.80. The van der Waals surface area contributed by atoms with Crippen molar-refractivity contribution in [2.45, 2.75) is 38.3 Å². The first-order valence-electron chi connectivity index (χ1n) is 8.11. The Morgan fingerprint density at radius 3 is 3.13 bits per heavy atom. The quantitative estimate of drug-likeness (QED) is 0.786. The van der Waals surface area contributed by atoms with E-state index in [0.717, 1.165) is 18.4 Å². The number of aliphatic hydroxyl groups is 1. The molecule has 1 aromatic rings. The van der Waals surface area contributed by atoms with Crippen LogP contribution in [0.4, 0.5) is 9.18 Å². The van der Waals surface area contributed by atoms with Gasteiger partial charge < -0.3 is 20.1 Å². The van der Waals surface area contributed by atoms with Crippen molar-refractivity contribution >= 4 is 6.03 Å². The number of carbonyl (C=O) groups excluding carboxylic acids is 1. The van der Waals surface area contributed by atoms with Crippen LogP contribution in [-0.4, -0.2) is 54.5 Å². The minimum Gasteiger partial charge on any atom is -0.393 e. The highest BCUT2D eigenvalue weighted by molar-refractivity contribution is 5.74. The van der Waals surface area contributed by atoms with Crippen LogP contribution in [0.25, 0.3) is 0 Å². The molecule has 0 bridgehead atoms. The fraction of sp³-hybridized carbons (Fsp3) is 0.588. The van der Waals surface area contributed by atoms with Gasteiger partial charge in [0.2, 0.25) is 0 Å². The fourth-order valence-corrected chi connectivity index (χ4v) is 2.79. The van der Waals surface area contributed by atoms with Gasteiger partial charge in [-0.15, -0.1) is 0 Å². The maximum absolute atomic E-state index is 13.1. The zero-order valence-electron chi connectivity index (χ0n) is 13.5. The number of halogens is 1. The molecule has 2 amide bonds. The van der Waals surface area contributed by atoms with E-state index < -0.39 is 6.10 Å². The summed E-state index contributed by atoms with van der Waals surface area (Å²) in [6, 6.07) is 6.29. The predicted octanol–water partition coefficient (Wildman–Crippen LogP) is 1.94. The molecule has 1 fully saturated rings. The summed E-state index contributed by atoms with van der Waals surface area (Å²) in [5.74, 6) is -0.235. The van der Waals surface area contributed by atoms with Crippen molar-refractivity contribution < 1.29 is 19.0 Å². The van der Waals surface area contributed by atoms with E-state index in [4.69, 9.17) is 4.74 Å². The molecule has 0 spiro atoms. The molecule has 1 heterocycles. The van der Waals surface area contributed by atoms with Crippen LogP contribution in [0, 0.1) is 5.82 Å². The molecule has 0 radical (unpaired) electrons. The fourth-order valence-electron chi connectivity index (χ4n) is 2.79. The average Bonchev–Trinajstić information content (AvgIpc) is 2.51. The van der Waals surface area contributed by atoms with Crippen LogP contribution in [0.5, 0.6) is 0 Å². The van der Waals surface area contributed by atoms with Crippen LogP contribution in [0.3, 0.4) is 0 Å². The molecular formula is C17H25FN2O3. The van der Waals surface area contributed by atoms with Gasteiger partial charge in [0.15, 0.2) is 0 Å². The van der Waals surface area contributed by atoms with Gasteiger partial charge in [0, 0.05) is 13.1 Å². The van der Waals surface area contributed by atoms with E-state index in [0.29, 0.717) is 32.7 Å². The van der Waals surface area contributed by atoms with Gasteiger partial charge in [0.25, 0.3) is 0 Å². The van der Waals surface area contributed by atoms with Gasteiger partial charge in [0.1, 0.15) is 5.82 Å². The molecule has 0 saturated carbocycles. The summed E-state index contributed by atoms with van der Waals surface area (Å²) in [5, 5.41) is 12.4. The van der Waals surface area contributed by atoms with E-state index in [1.54, 1.807) is 17.9 Å². The van der Waals surface area contributed by atoms with Gasteiger partial charge in [-0.25, -0.2) is 9.18 Å². The number of aryl methyl sites for hydroxylation is 1. The normalized spacial score (nSPS) is 19.4. The molecule has 1 aliphatic rings. The highest BCUT2D eigenvalue weighted by atomic mass is 19.1. The van der Waals surface area contributed by atoms with Gasteiger partial charge in [-0.05, 0) is 43.9 Å². The van der Waals surface area contributed by atoms with Crippen LogP contribution in [0.1, 0.15) is 25.3 Å². The van der Waals surface area contributed by atoms with E-state index in [9.17, 15) is 14.3 Å². The van der Waals surface area contributed by atoms with Gasteiger partial charge in [-0.2, -0.15) is 0 Å². The maximum Gasteiger partial charge on any atom is 0.317 e. The van der Waals surface area contributed by atoms with Gasteiger partial charge in [0.05, 0.1) is 25.4 Å². The molecular weight excluding hydrogens is 299 g/mol. The maximum atomic E-state index is 13.1. The third-order valence-corrected chi connectivity index (χ3v) is 3.91. The monoisotopic (exact) mass is 324 g/mol. The SMILES string of the molecule is C[C@H](O)C[C@H]1COCCN1C(=O)NCCCc1cccc(F)c1. The molecule has 0 aliphatic carbocycles. The van der Waals surface area contributed by atoms with E-state index in [-0.39, 0.29) is 17.9 Å². The zero-order chi connectivity index (χ0) is 16.7. The molecule has 128 valence electrons. The topological polar surface area (TPSA) is 61.8 Å². The first kappa shape index (κ1) is 17.7. The number of ether oxygens (including phenoxy) is 1. The Bertz CT molecular complexity index is 510. The number of amides is 2. The van der Waals surface area contributed by atoms with Crippen LogP contribution in [0.2, 0.25) is 0 Å². The summed E-state index contributed by atoms with van der Waals surface area (Å²) < 4.78 is 18.5. The van der Waals surface area contributed by atoms with Crippen molar-refractivity contribution in [2.75, 3.05) is 26.3 Å². The average molecular weight is 324 g/mol. The number of urea groups is 1. The van der Waals surface area contributed by atoms with Gasteiger partial charge >= 0.3 is 6.03 Å². The van der Waals surface area contributed by atoms with E-state index in [2.05, 4.69) is 5.32 Å². The lowest BCUT2D eigenvalue weighted by Crippen LogP contribution is -2.53. The summed E-state index contributed by atoms with van der Waals surface area (Å²) in [6.45, 7) is 3.76. The number of benzene rings is 1. The molecule has 2 N–H and O–H groups in total. The highest BCUT2D eigenvalue weighted by Gasteiger charge is 2.27. The summed E-state index contributed by atoms with van der Waals surface area (Å²) in [5.41, 5.74) is 0.928. The number of hydrogen-bond donors (Lipinski definition) is 2. The molecule has 0 unspecified atom stereocenters. The molecule has 1 aliphatic heterocycles. The Hall–Kier alpha value is -1.66. The van der Waals surface area contributed by atoms with Crippen LogP contribution < -0.4 is 5.32 Å². The lowest BCUT2D eigenvalue weighted by molar-refractivity contribution is -0.00428. The van der Waals surface area contributed by atoms with E-state index >= 15 is 0 Å². The summed E-state index contributed by atoms with van der Waals surface area (Å²) in [4.78, 5) is 14.0. The molecule has 6 heteroatoms. The van der Waals surface area contributed by atoms with Crippen molar-refractivity contribution in [3.05, 3.63) is 35.6 Å². The molecule has 1 aromatic carbocycles. The number of morpholine rings is 1. The second kappa shape index (κ2) is 8.84. The number of nitrogens with zero attached hydrogens (tertiary/aromatic N) is 1. The predicted molar refractivity (Wildman–Crippen MR) is 85.7 cm³/mol. The molecule has 5 nitrogen and oxygen atoms in total. The van der Waals surface area contributed by atoms with Crippen LogP contribution in [-0.2, 0) is 11.2 Å². The van der Waals surface area contributed by atoms with Crippen molar-refractivity contribution in [3.8, 4) is 0 Å². The lowest BCUT2D eigenvalue weighted by atomic mass is 10.1. The van der Waals surface area contributed by atoms with Crippen molar-refractivity contribution in [1.29, 1.82) is 0 Å². The number of hydrogen-bond acceptors (Lipinski definition) is 3. The first-order valence-corrected chi connectivity index (χ1v) is 8.11. The van der Waals surface area contributed by atoms with E-state index in [1.807, 2.05) is 6.07 Å². The van der Waals surface area contributed by atoms with Crippen molar-refractivity contribution in [3.63, 3.8) is 0 Å². The molecule has 2 rings (SSSR count). The Balaban J connectivity index is 1.74. The summed E-state index contributed by atoms with van der Waals surface area (Å²) in [7, 11) is 0. The molecule has 23 heavy (non-hydrogen) atoms. The minimum atomic E-state index is -0.468. The molecule has 2 atom stereocenters. The van der Waals surface area contributed by atoms with Gasteiger partial charge in [-0.3, -0.25) is 0 Å². The Labute approximate surface area is 136 Å². The van der Waals surface area contributed by atoms with Crippen molar-refractivity contribution in [2.24, 2.45) is 0 Å². The Kier molecular flexibility index (Phi) is 6.80. The van der Waals surface area contributed by atoms with Crippen LogP contribution in [0.15, 0.2) is 24.3 Å². The molecule has 1 saturated heterocycles. The number of nitrogens with one attached hydrogen (secondary N) is 1. The largest absolute Gasteiger partial charge is 0.393 e. The third-order valence-electron chi connectivity index (χ3n) is 3.91. The number of carbonyl (C=O) groups is 1. The molecule has 0 aromatic heterocycles. The summed E-state index contributed by atoms with van der Waals surface area (Å²) in [6.07, 6.45) is 1.51. The summed E-state index contributed by atoms with van der Waals surface area (Å²) >= 11 is 0. The number of rotatable bonds is 6. The number of aliphatic hydroxyl groups excluding tert-OH is 1. The minimum absolute atomic E-state index is 0.0908.